The number of amides is 1. The molecule has 1 saturated carbocycles. The van der Waals surface area contributed by atoms with Crippen LogP contribution < -0.4 is 5.56 Å². The third-order valence-electron chi connectivity index (χ3n) is 5.65. The Kier molecular flexibility index (Phi) is 4.16. The minimum atomic E-state index is -0.0425. The van der Waals surface area contributed by atoms with Gasteiger partial charge in [-0.3, -0.25) is 14.2 Å². The predicted molar refractivity (Wildman–Crippen MR) is 95.2 cm³/mol. The molecule has 1 saturated heterocycles. The van der Waals surface area contributed by atoms with Crippen LogP contribution in [0.15, 0.2) is 22.6 Å². The summed E-state index contributed by atoms with van der Waals surface area (Å²) in [6.07, 6.45) is 8.03. The Balaban J connectivity index is 1.47. The second kappa shape index (κ2) is 6.31. The number of hydrogen-bond donors (Lipinski definition) is 0. The van der Waals surface area contributed by atoms with Gasteiger partial charge in [0.25, 0.3) is 5.56 Å². The molecule has 2 fully saturated rings. The summed E-state index contributed by atoms with van der Waals surface area (Å²) in [7, 11) is 0. The van der Waals surface area contributed by atoms with Gasteiger partial charge in [-0.2, -0.15) is 0 Å². The van der Waals surface area contributed by atoms with Crippen LogP contribution in [0, 0.1) is 5.92 Å². The van der Waals surface area contributed by atoms with Crippen molar-refractivity contribution in [1.82, 2.24) is 14.5 Å². The Labute approximate surface area is 145 Å². The molecule has 1 aliphatic carbocycles. The van der Waals surface area contributed by atoms with Crippen molar-refractivity contribution in [1.29, 1.82) is 0 Å². The van der Waals surface area contributed by atoms with E-state index in [-0.39, 0.29) is 11.5 Å². The molecule has 24 heavy (non-hydrogen) atoms. The highest BCUT2D eigenvalue weighted by atomic mass is 32.1. The summed E-state index contributed by atoms with van der Waals surface area (Å²) in [6, 6.07) is 2.57. The minimum absolute atomic E-state index is 0.0425. The Morgan fingerprint density at radius 2 is 2.21 bits per heavy atom. The van der Waals surface area contributed by atoms with Gasteiger partial charge < -0.3 is 4.90 Å². The summed E-state index contributed by atoms with van der Waals surface area (Å²) >= 11 is 1.47. The molecule has 2 aromatic heterocycles. The van der Waals surface area contributed by atoms with Crippen molar-refractivity contribution >= 4 is 27.5 Å². The molecule has 0 N–H and O–H groups in total. The van der Waals surface area contributed by atoms with Gasteiger partial charge in [0.1, 0.15) is 4.83 Å². The molecule has 128 valence electrons. The molecule has 6 heteroatoms. The monoisotopic (exact) mass is 345 g/mol. The predicted octanol–water partition coefficient (Wildman–Crippen LogP) is 3.03. The lowest BCUT2D eigenvalue weighted by atomic mass is 9.85. The Hall–Kier alpha value is -1.69. The molecule has 0 aromatic carbocycles. The number of nitrogens with zero attached hydrogens (tertiary/aromatic N) is 3. The van der Waals surface area contributed by atoms with Crippen LogP contribution in [0.4, 0.5) is 0 Å². The number of hydrogen-bond acceptors (Lipinski definition) is 4. The van der Waals surface area contributed by atoms with Crippen LogP contribution in [0.3, 0.4) is 0 Å². The van der Waals surface area contributed by atoms with Crippen molar-refractivity contribution in [2.24, 2.45) is 5.92 Å². The fraction of sp³-hybridized carbons (Fsp3) is 0.611. The molecule has 0 bridgehead atoms. The molecule has 3 atom stereocenters. The quantitative estimate of drug-likeness (QED) is 0.859. The van der Waals surface area contributed by atoms with Gasteiger partial charge in [0.15, 0.2) is 0 Å². The topological polar surface area (TPSA) is 55.2 Å². The normalized spacial score (nSPS) is 26.7. The maximum atomic E-state index is 12.8. The zero-order chi connectivity index (χ0) is 16.7. The van der Waals surface area contributed by atoms with E-state index in [1.54, 1.807) is 10.9 Å². The molecule has 0 spiro atoms. The summed E-state index contributed by atoms with van der Waals surface area (Å²) in [5, 5.41) is 2.53. The number of fused-ring (bicyclic) bond motifs is 2. The highest BCUT2D eigenvalue weighted by Crippen LogP contribution is 2.39. The smallest absolute Gasteiger partial charge is 0.262 e. The number of aromatic nitrogens is 2. The molecule has 1 aliphatic heterocycles. The van der Waals surface area contributed by atoms with Crippen molar-refractivity contribution in [3.8, 4) is 0 Å². The maximum absolute atomic E-state index is 12.8. The summed E-state index contributed by atoms with van der Waals surface area (Å²) in [5.41, 5.74) is -0.0425. The van der Waals surface area contributed by atoms with Crippen LogP contribution in [0.1, 0.15) is 45.4 Å². The standard InChI is InChI=1S/C18H23N3O2S/c1-12-10-13-4-2-3-5-15(13)21(12)16(22)6-8-20-11-19-17-14(18(20)23)7-9-24-17/h7,9,11-13,15H,2-6,8,10H2,1H3/t12-,13+,15+/m1/s1. The van der Waals surface area contributed by atoms with Gasteiger partial charge in [-0.15, -0.1) is 11.3 Å². The largest absolute Gasteiger partial charge is 0.337 e. The van der Waals surface area contributed by atoms with E-state index in [9.17, 15) is 9.59 Å². The molecule has 0 unspecified atom stereocenters. The summed E-state index contributed by atoms with van der Waals surface area (Å²) in [6.45, 7) is 2.58. The van der Waals surface area contributed by atoms with E-state index in [0.717, 1.165) is 17.7 Å². The van der Waals surface area contributed by atoms with Crippen molar-refractivity contribution in [2.45, 2.75) is 64.1 Å². The number of carbonyl (C=O) groups is 1. The average Bonchev–Trinajstić information content (AvgIpc) is 3.17. The molecule has 2 aromatic rings. The molecule has 1 amide bonds. The number of carbonyl (C=O) groups excluding carboxylic acids is 1. The molecule has 4 rings (SSSR count). The first-order valence-electron chi connectivity index (χ1n) is 8.89. The highest BCUT2D eigenvalue weighted by molar-refractivity contribution is 7.16. The van der Waals surface area contributed by atoms with E-state index in [1.807, 2.05) is 11.4 Å². The van der Waals surface area contributed by atoms with E-state index in [4.69, 9.17) is 0 Å². The number of likely N-dealkylation sites (tertiary alicyclic amines) is 1. The van der Waals surface area contributed by atoms with E-state index < -0.39 is 0 Å². The highest BCUT2D eigenvalue weighted by Gasteiger charge is 2.42. The van der Waals surface area contributed by atoms with E-state index in [0.29, 0.717) is 36.4 Å². The molecule has 0 radical (unpaired) electrons. The van der Waals surface area contributed by atoms with Crippen molar-refractivity contribution in [3.63, 3.8) is 0 Å². The van der Waals surface area contributed by atoms with Gasteiger partial charge in [0, 0.05) is 25.0 Å². The SMILES string of the molecule is C[C@@H]1C[C@@H]2CCCC[C@@H]2N1C(=O)CCn1cnc2sccc2c1=O. The van der Waals surface area contributed by atoms with Crippen LogP contribution in [-0.4, -0.2) is 32.4 Å². The lowest BCUT2D eigenvalue weighted by molar-refractivity contribution is -0.134. The van der Waals surface area contributed by atoms with Gasteiger partial charge in [-0.25, -0.2) is 4.98 Å². The van der Waals surface area contributed by atoms with Gasteiger partial charge in [0.2, 0.25) is 5.91 Å². The molecule has 5 nitrogen and oxygen atoms in total. The third kappa shape index (κ3) is 2.66. The lowest BCUT2D eigenvalue weighted by Gasteiger charge is -2.33. The van der Waals surface area contributed by atoms with Crippen LogP contribution >= 0.6 is 11.3 Å². The summed E-state index contributed by atoms with van der Waals surface area (Å²) in [5.74, 6) is 0.874. The minimum Gasteiger partial charge on any atom is -0.337 e. The zero-order valence-electron chi connectivity index (χ0n) is 14.0. The Morgan fingerprint density at radius 1 is 1.38 bits per heavy atom. The Bertz CT molecular complexity index is 812. The zero-order valence-corrected chi connectivity index (χ0v) is 14.8. The summed E-state index contributed by atoms with van der Waals surface area (Å²) < 4.78 is 1.58. The molecular weight excluding hydrogens is 322 g/mol. The third-order valence-corrected chi connectivity index (χ3v) is 6.47. The van der Waals surface area contributed by atoms with Crippen molar-refractivity contribution in [3.05, 3.63) is 28.1 Å². The van der Waals surface area contributed by atoms with Crippen LogP contribution in [0.5, 0.6) is 0 Å². The summed E-state index contributed by atoms with van der Waals surface area (Å²) in [4.78, 5) is 32.4. The first-order chi connectivity index (χ1) is 11.6. The first-order valence-corrected chi connectivity index (χ1v) is 9.77. The average molecular weight is 345 g/mol. The maximum Gasteiger partial charge on any atom is 0.262 e. The number of thiophene rings is 1. The van der Waals surface area contributed by atoms with Crippen LogP contribution in [-0.2, 0) is 11.3 Å². The second-order valence-corrected chi connectivity index (χ2v) is 8.02. The van der Waals surface area contributed by atoms with Crippen molar-refractivity contribution < 1.29 is 4.79 Å². The van der Waals surface area contributed by atoms with Gasteiger partial charge >= 0.3 is 0 Å². The molecule has 2 aliphatic rings. The van der Waals surface area contributed by atoms with E-state index >= 15 is 0 Å². The number of aryl methyl sites for hydroxylation is 1. The van der Waals surface area contributed by atoms with Gasteiger partial charge in [-0.1, -0.05) is 12.8 Å². The Morgan fingerprint density at radius 3 is 3.08 bits per heavy atom. The second-order valence-electron chi connectivity index (χ2n) is 7.13. The molecular formula is C18H23N3O2S. The fourth-order valence-corrected chi connectivity index (χ4v) is 5.26. The first kappa shape index (κ1) is 15.8. The van der Waals surface area contributed by atoms with E-state index in [1.165, 1.54) is 30.6 Å². The lowest BCUT2D eigenvalue weighted by Crippen LogP contribution is -2.42. The van der Waals surface area contributed by atoms with Gasteiger partial charge in [-0.05, 0) is 43.6 Å². The van der Waals surface area contributed by atoms with Crippen molar-refractivity contribution in [2.75, 3.05) is 0 Å². The van der Waals surface area contributed by atoms with Crippen LogP contribution in [0.25, 0.3) is 10.2 Å². The van der Waals surface area contributed by atoms with E-state index in [2.05, 4.69) is 16.8 Å². The number of rotatable bonds is 3. The van der Waals surface area contributed by atoms with Crippen LogP contribution in [0.2, 0.25) is 0 Å². The van der Waals surface area contributed by atoms with Gasteiger partial charge in [0.05, 0.1) is 11.7 Å². The molecule has 3 heterocycles. The fourth-order valence-electron chi connectivity index (χ4n) is 4.54.